The monoisotopic (exact) mass is 290 g/mol. The van der Waals surface area contributed by atoms with Crippen LogP contribution < -0.4 is 5.32 Å². The van der Waals surface area contributed by atoms with Crippen LogP contribution in [0.15, 0.2) is 24.3 Å². The first kappa shape index (κ1) is 15.0. The van der Waals surface area contributed by atoms with Crippen LogP contribution in [-0.2, 0) is 6.54 Å². The average Bonchev–Trinajstić information content (AvgIpc) is 2.90. The first-order chi connectivity index (χ1) is 10.2. The van der Waals surface area contributed by atoms with E-state index < -0.39 is 0 Å². The van der Waals surface area contributed by atoms with Crippen LogP contribution >= 0.6 is 0 Å². The second-order valence-corrected chi connectivity index (χ2v) is 7.01. The van der Waals surface area contributed by atoms with Crippen LogP contribution in [0.25, 0.3) is 0 Å². The maximum atomic E-state index is 13.3. The molecule has 2 fully saturated rings. The Labute approximate surface area is 127 Å². The molecule has 3 rings (SSSR count). The Balaban J connectivity index is 1.57. The van der Waals surface area contributed by atoms with Crippen LogP contribution in [-0.4, -0.2) is 30.1 Å². The molecule has 3 heteroatoms. The third-order valence-corrected chi connectivity index (χ3v) is 4.86. The summed E-state index contributed by atoms with van der Waals surface area (Å²) in [6.45, 7) is 5.42. The molecule has 116 valence electrons. The molecule has 1 aromatic rings. The van der Waals surface area contributed by atoms with Crippen LogP contribution in [0.1, 0.15) is 44.6 Å². The standard InChI is InChI=1S/C18H27FN2/c1-14-9-18(20-17-7-2-3-8-17)13-21(11-14)12-15-5-4-6-16(19)10-15/h4-6,10,14,17-18,20H,2-3,7-9,11-13H2,1H3. The lowest BCUT2D eigenvalue weighted by Gasteiger charge is -2.38. The Bertz CT molecular complexity index is 456. The Kier molecular flexibility index (Phi) is 4.91. The van der Waals surface area contributed by atoms with Crippen LogP contribution in [0.3, 0.4) is 0 Å². The summed E-state index contributed by atoms with van der Waals surface area (Å²) >= 11 is 0. The molecule has 0 spiro atoms. The van der Waals surface area contributed by atoms with Gasteiger partial charge < -0.3 is 5.32 Å². The molecular weight excluding hydrogens is 263 g/mol. The van der Waals surface area contributed by atoms with Crippen LogP contribution in [0.5, 0.6) is 0 Å². The van der Waals surface area contributed by atoms with Gasteiger partial charge in [0.05, 0.1) is 0 Å². The lowest BCUT2D eigenvalue weighted by atomic mass is 9.94. The van der Waals surface area contributed by atoms with Gasteiger partial charge in [0.15, 0.2) is 0 Å². The summed E-state index contributed by atoms with van der Waals surface area (Å²) in [6, 6.07) is 8.36. The Hall–Kier alpha value is -0.930. The van der Waals surface area contributed by atoms with Gasteiger partial charge in [-0.1, -0.05) is 31.9 Å². The third kappa shape index (κ3) is 4.27. The van der Waals surface area contributed by atoms with E-state index in [1.807, 2.05) is 12.1 Å². The highest BCUT2D eigenvalue weighted by Crippen LogP contribution is 2.23. The number of nitrogens with zero attached hydrogens (tertiary/aromatic N) is 1. The molecule has 2 unspecified atom stereocenters. The highest BCUT2D eigenvalue weighted by atomic mass is 19.1. The molecule has 21 heavy (non-hydrogen) atoms. The van der Waals surface area contributed by atoms with Crippen molar-refractivity contribution in [1.29, 1.82) is 0 Å². The van der Waals surface area contributed by atoms with Crippen molar-refractivity contribution in [3.63, 3.8) is 0 Å². The van der Waals surface area contributed by atoms with Crippen molar-refractivity contribution >= 4 is 0 Å². The van der Waals surface area contributed by atoms with Crippen molar-refractivity contribution in [2.45, 2.75) is 57.7 Å². The second kappa shape index (κ2) is 6.89. The van der Waals surface area contributed by atoms with E-state index >= 15 is 0 Å². The molecular formula is C18H27FN2. The fraction of sp³-hybridized carbons (Fsp3) is 0.667. The Morgan fingerprint density at radius 1 is 1.19 bits per heavy atom. The minimum Gasteiger partial charge on any atom is -0.310 e. The average molecular weight is 290 g/mol. The highest BCUT2D eigenvalue weighted by molar-refractivity contribution is 5.16. The molecule has 1 aromatic carbocycles. The number of hydrogen-bond donors (Lipinski definition) is 1. The van der Waals surface area contributed by atoms with E-state index in [-0.39, 0.29) is 5.82 Å². The van der Waals surface area contributed by atoms with Crippen LogP contribution in [0.4, 0.5) is 4.39 Å². The van der Waals surface area contributed by atoms with E-state index in [1.165, 1.54) is 38.2 Å². The zero-order chi connectivity index (χ0) is 14.7. The SMILES string of the molecule is CC1CC(NC2CCCC2)CN(Cc2cccc(F)c2)C1. The van der Waals surface area contributed by atoms with Crippen molar-refractivity contribution in [3.8, 4) is 0 Å². The molecule has 0 radical (unpaired) electrons. The molecule has 2 atom stereocenters. The van der Waals surface area contributed by atoms with Gasteiger partial charge in [-0.15, -0.1) is 0 Å². The maximum Gasteiger partial charge on any atom is 0.123 e. The molecule has 2 nitrogen and oxygen atoms in total. The summed E-state index contributed by atoms with van der Waals surface area (Å²) in [5.74, 6) is 0.587. The predicted molar refractivity (Wildman–Crippen MR) is 84.6 cm³/mol. The normalized spacial score (nSPS) is 28.1. The Morgan fingerprint density at radius 3 is 2.76 bits per heavy atom. The van der Waals surface area contributed by atoms with Gasteiger partial charge >= 0.3 is 0 Å². The summed E-state index contributed by atoms with van der Waals surface area (Å²) in [6.07, 6.45) is 6.72. The van der Waals surface area contributed by atoms with Gasteiger partial charge in [-0.25, -0.2) is 4.39 Å². The van der Waals surface area contributed by atoms with Crippen molar-refractivity contribution in [2.75, 3.05) is 13.1 Å². The number of benzene rings is 1. The fourth-order valence-corrected chi connectivity index (χ4v) is 4.03. The molecule has 1 heterocycles. The zero-order valence-electron chi connectivity index (χ0n) is 13.0. The minimum absolute atomic E-state index is 0.127. The smallest absolute Gasteiger partial charge is 0.123 e. The number of likely N-dealkylation sites (tertiary alicyclic amines) is 1. The summed E-state index contributed by atoms with van der Waals surface area (Å²) in [7, 11) is 0. The summed E-state index contributed by atoms with van der Waals surface area (Å²) in [5, 5.41) is 3.86. The molecule has 0 bridgehead atoms. The lowest BCUT2D eigenvalue weighted by molar-refractivity contribution is 0.136. The van der Waals surface area contributed by atoms with E-state index in [0.29, 0.717) is 12.0 Å². The largest absolute Gasteiger partial charge is 0.310 e. The van der Waals surface area contributed by atoms with E-state index in [1.54, 1.807) is 6.07 Å². The van der Waals surface area contributed by atoms with Gasteiger partial charge in [-0.3, -0.25) is 4.90 Å². The zero-order valence-corrected chi connectivity index (χ0v) is 13.0. The van der Waals surface area contributed by atoms with Gasteiger partial charge in [0.2, 0.25) is 0 Å². The highest BCUT2D eigenvalue weighted by Gasteiger charge is 2.27. The van der Waals surface area contributed by atoms with Crippen molar-refractivity contribution in [3.05, 3.63) is 35.6 Å². The molecule has 1 aliphatic carbocycles. The summed E-state index contributed by atoms with van der Waals surface area (Å²) in [4.78, 5) is 2.48. The molecule has 0 amide bonds. The van der Waals surface area contributed by atoms with Gasteiger partial charge in [0.25, 0.3) is 0 Å². The van der Waals surface area contributed by atoms with Gasteiger partial charge in [-0.05, 0) is 42.9 Å². The first-order valence-corrected chi connectivity index (χ1v) is 8.42. The predicted octanol–water partition coefficient (Wildman–Crippen LogP) is 3.57. The number of hydrogen-bond acceptors (Lipinski definition) is 2. The van der Waals surface area contributed by atoms with E-state index in [4.69, 9.17) is 0 Å². The van der Waals surface area contributed by atoms with Gasteiger partial charge in [0, 0.05) is 31.7 Å². The number of nitrogens with one attached hydrogen (secondary N) is 1. The minimum atomic E-state index is -0.127. The molecule has 2 aliphatic rings. The van der Waals surface area contributed by atoms with E-state index in [9.17, 15) is 4.39 Å². The second-order valence-electron chi connectivity index (χ2n) is 7.01. The number of rotatable bonds is 4. The van der Waals surface area contributed by atoms with Gasteiger partial charge in [0.1, 0.15) is 5.82 Å². The topological polar surface area (TPSA) is 15.3 Å². The van der Waals surface area contributed by atoms with Crippen molar-refractivity contribution < 1.29 is 4.39 Å². The summed E-state index contributed by atoms with van der Waals surface area (Å²) in [5.41, 5.74) is 1.09. The molecule has 1 saturated carbocycles. The molecule has 1 saturated heterocycles. The number of halogens is 1. The van der Waals surface area contributed by atoms with Crippen LogP contribution in [0, 0.1) is 11.7 Å². The molecule has 1 N–H and O–H groups in total. The Morgan fingerprint density at radius 2 is 2.00 bits per heavy atom. The van der Waals surface area contributed by atoms with Gasteiger partial charge in [-0.2, -0.15) is 0 Å². The van der Waals surface area contributed by atoms with E-state index in [0.717, 1.165) is 31.2 Å². The summed E-state index contributed by atoms with van der Waals surface area (Å²) < 4.78 is 13.3. The maximum absolute atomic E-state index is 13.3. The van der Waals surface area contributed by atoms with E-state index in [2.05, 4.69) is 17.1 Å². The number of piperidine rings is 1. The van der Waals surface area contributed by atoms with Crippen molar-refractivity contribution in [2.24, 2.45) is 5.92 Å². The fourth-order valence-electron chi connectivity index (χ4n) is 4.03. The molecule has 0 aromatic heterocycles. The first-order valence-electron chi connectivity index (χ1n) is 8.42. The van der Waals surface area contributed by atoms with Crippen LogP contribution in [0.2, 0.25) is 0 Å². The molecule has 1 aliphatic heterocycles. The third-order valence-electron chi connectivity index (χ3n) is 4.86. The van der Waals surface area contributed by atoms with Crippen molar-refractivity contribution in [1.82, 2.24) is 10.2 Å². The lowest BCUT2D eigenvalue weighted by Crippen LogP contribution is -2.50. The quantitative estimate of drug-likeness (QED) is 0.912.